The van der Waals surface area contributed by atoms with Gasteiger partial charge in [-0.1, -0.05) is 6.92 Å². The van der Waals surface area contributed by atoms with Gasteiger partial charge in [0.2, 0.25) is 0 Å². The van der Waals surface area contributed by atoms with Crippen molar-refractivity contribution >= 4 is 12.0 Å². The Bertz CT molecular complexity index is 233. The molecule has 94 valence electrons. The largest absolute Gasteiger partial charge is 0.480 e. The maximum atomic E-state index is 11.6. The van der Waals surface area contributed by atoms with Crippen molar-refractivity contribution in [3.63, 3.8) is 0 Å². The Morgan fingerprint density at radius 3 is 2.38 bits per heavy atom. The van der Waals surface area contributed by atoms with Crippen molar-refractivity contribution in [2.24, 2.45) is 0 Å². The molecule has 0 radical (unpaired) electrons. The van der Waals surface area contributed by atoms with Gasteiger partial charge in [0.1, 0.15) is 6.04 Å². The summed E-state index contributed by atoms with van der Waals surface area (Å²) < 4.78 is 0. The lowest BCUT2D eigenvalue weighted by atomic mass is 10.2. The van der Waals surface area contributed by atoms with E-state index in [0.717, 1.165) is 0 Å². The SMILES string of the molecule is CC[C@@H](NC(=O)N(CC)CCCO)C(=O)O. The first-order valence-electron chi connectivity index (χ1n) is 5.45. The van der Waals surface area contributed by atoms with Gasteiger partial charge in [0.25, 0.3) is 0 Å². The smallest absolute Gasteiger partial charge is 0.326 e. The van der Waals surface area contributed by atoms with Crippen molar-refractivity contribution in [2.45, 2.75) is 32.7 Å². The molecule has 0 aromatic heterocycles. The molecule has 2 amide bonds. The summed E-state index contributed by atoms with van der Waals surface area (Å²) in [5, 5.41) is 19.9. The Hall–Kier alpha value is -1.30. The average Bonchev–Trinajstić information content (AvgIpc) is 2.26. The van der Waals surface area contributed by atoms with Gasteiger partial charge in [-0.25, -0.2) is 9.59 Å². The number of carboxylic acid groups (broad SMARTS) is 1. The first kappa shape index (κ1) is 14.7. The second-order valence-electron chi connectivity index (χ2n) is 3.41. The highest BCUT2D eigenvalue weighted by Gasteiger charge is 2.20. The Kier molecular flexibility index (Phi) is 7.28. The highest BCUT2D eigenvalue weighted by Crippen LogP contribution is 1.96. The van der Waals surface area contributed by atoms with Crippen molar-refractivity contribution < 1.29 is 19.8 Å². The molecule has 3 N–H and O–H groups in total. The zero-order valence-electron chi connectivity index (χ0n) is 9.77. The van der Waals surface area contributed by atoms with Gasteiger partial charge in [-0.15, -0.1) is 0 Å². The van der Waals surface area contributed by atoms with E-state index in [0.29, 0.717) is 25.9 Å². The molecule has 0 saturated heterocycles. The van der Waals surface area contributed by atoms with Crippen molar-refractivity contribution in [2.75, 3.05) is 19.7 Å². The summed E-state index contributed by atoms with van der Waals surface area (Å²) >= 11 is 0. The summed E-state index contributed by atoms with van der Waals surface area (Å²) in [5.74, 6) is -1.03. The van der Waals surface area contributed by atoms with Crippen LogP contribution in [0.25, 0.3) is 0 Å². The number of nitrogens with zero attached hydrogens (tertiary/aromatic N) is 1. The molecule has 6 nitrogen and oxygen atoms in total. The molecule has 0 bridgehead atoms. The molecule has 0 aliphatic rings. The predicted octanol–water partition coefficient (Wildman–Crippen LogP) is 0.263. The quantitative estimate of drug-likeness (QED) is 0.587. The molecule has 0 unspecified atom stereocenters. The van der Waals surface area contributed by atoms with Crippen molar-refractivity contribution in [1.29, 1.82) is 0 Å². The number of hydrogen-bond acceptors (Lipinski definition) is 3. The number of amides is 2. The van der Waals surface area contributed by atoms with Gasteiger partial charge in [-0.05, 0) is 19.8 Å². The fourth-order valence-corrected chi connectivity index (χ4v) is 1.24. The fourth-order valence-electron chi connectivity index (χ4n) is 1.24. The summed E-state index contributed by atoms with van der Waals surface area (Å²) in [6.45, 7) is 4.43. The van der Waals surface area contributed by atoms with E-state index in [1.165, 1.54) is 4.90 Å². The number of nitrogens with one attached hydrogen (secondary N) is 1. The molecule has 0 spiro atoms. The number of aliphatic carboxylic acids is 1. The van der Waals surface area contributed by atoms with E-state index in [4.69, 9.17) is 10.2 Å². The van der Waals surface area contributed by atoms with Gasteiger partial charge in [-0.2, -0.15) is 0 Å². The molecule has 0 aliphatic carbocycles. The topological polar surface area (TPSA) is 89.9 Å². The number of carbonyl (C=O) groups is 2. The van der Waals surface area contributed by atoms with Crippen LogP contribution in [0.5, 0.6) is 0 Å². The lowest BCUT2D eigenvalue weighted by Crippen LogP contribution is -2.48. The first-order valence-corrected chi connectivity index (χ1v) is 5.45. The van der Waals surface area contributed by atoms with Crippen LogP contribution in [-0.2, 0) is 4.79 Å². The van der Waals surface area contributed by atoms with Crippen molar-refractivity contribution in [1.82, 2.24) is 10.2 Å². The third kappa shape index (κ3) is 4.97. The molecule has 0 aromatic rings. The highest BCUT2D eigenvalue weighted by atomic mass is 16.4. The Labute approximate surface area is 95.2 Å². The maximum Gasteiger partial charge on any atom is 0.326 e. The normalized spacial score (nSPS) is 11.9. The molecule has 0 fully saturated rings. The Morgan fingerprint density at radius 2 is 2.00 bits per heavy atom. The first-order chi connectivity index (χ1) is 7.56. The number of rotatable bonds is 7. The molecule has 0 aromatic carbocycles. The highest BCUT2D eigenvalue weighted by molar-refractivity contribution is 5.82. The number of aliphatic hydroxyl groups excluding tert-OH is 1. The number of carboxylic acids is 1. The molecule has 0 rings (SSSR count). The standard InChI is InChI=1S/C10H20N2O4/c1-3-8(9(14)15)11-10(16)12(4-2)6-5-7-13/h8,13H,3-7H2,1-2H3,(H,11,16)(H,14,15)/t8-/m1/s1. The van der Waals surface area contributed by atoms with Crippen molar-refractivity contribution in [3.8, 4) is 0 Å². The van der Waals surface area contributed by atoms with Crippen molar-refractivity contribution in [3.05, 3.63) is 0 Å². The minimum atomic E-state index is -1.03. The maximum absolute atomic E-state index is 11.6. The lowest BCUT2D eigenvalue weighted by molar-refractivity contribution is -0.139. The summed E-state index contributed by atoms with van der Waals surface area (Å²) in [7, 11) is 0. The van der Waals surface area contributed by atoms with E-state index in [9.17, 15) is 9.59 Å². The average molecular weight is 232 g/mol. The van der Waals surface area contributed by atoms with Crippen LogP contribution in [-0.4, -0.2) is 52.9 Å². The van der Waals surface area contributed by atoms with Crippen LogP contribution in [0.4, 0.5) is 4.79 Å². The van der Waals surface area contributed by atoms with Gasteiger partial charge < -0.3 is 20.4 Å². The Balaban J connectivity index is 4.23. The van der Waals surface area contributed by atoms with E-state index in [1.807, 2.05) is 0 Å². The van der Waals surface area contributed by atoms with Crippen LogP contribution in [0.2, 0.25) is 0 Å². The summed E-state index contributed by atoms with van der Waals surface area (Å²) in [6.07, 6.45) is 0.837. The predicted molar refractivity (Wildman–Crippen MR) is 59.2 cm³/mol. The van der Waals surface area contributed by atoms with E-state index < -0.39 is 18.0 Å². The number of carbonyl (C=O) groups excluding carboxylic acids is 1. The van der Waals surface area contributed by atoms with Gasteiger partial charge >= 0.3 is 12.0 Å². The van der Waals surface area contributed by atoms with Crippen LogP contribution in [0.1, 0.15) is 26.7 Å². The summed E-state index contributed by atoms with van der Waals surface area (Å²) in [6, 6.07) is -1.25. The van der Waals surface area contributed by atoms with E-state index in [2.05, 4.69) is 5.32 Å². The molecule has 0 aliphatic heterocycles. The molecule has 1 atom stereocenters. The minimum absolute atomic E-state index is 0.0138. The van der Waals surface area contributed by atoms with E-state index in [1.54, 1.807) is 13.8 Å². The van der Waals surface area contributed by atoms with E-state index >= 15 is 0 Å². The zero-order valence-corrected chi connectivity index (χ0v) is 9.77. The molecular weight excluding hydrogens is 212 g/mol. The second-order valence-corrected chi connectivity index (χ2v) is 3.41. The fraction of sp³-hybridized carbons (Fsp3) is 0.800. The third-order valence-electron chi connectivity index (χ3n) is 2.26. The van der Waals surface area contributed by atoms with Crippen LogP contribution in [0.3, 0.4) is 0 Å². The van der Waals surface area contributed by atoms with E-state index in [-0.39, 0.29) is 6.61 Å². The Morgan fingerprint density at radius 1 is 1.38 bits per heavy atom. The minimum Gasteiger partial charge on any atom is -0.480 e. The van der Waals surface area contributed by atoms with Crippen LogP contribution < -0.4 is 5.32 Å². The summed E-state index contributed by atoms with van der Waals surface area (Å²) in [5.41, 5.74) is 0. The number of hydrogen-bond donors (Lipinski definition) is 3. The van der Waals surface area contributed by atoms with Gasteiger partial charge in [0.15, 0.2) is 0 Å². The molecular formula is C10H20N2O4. The zero-order chi connectivity index (χ0) is 12.6. The molecule has 0 saturated carbocycles. The van der Waals surface area contributed by atoms with Crippen LogP contribution in [0, 0.1) is 0 Å². The lowest BCUT2D eigenvalue weighted by Gasteiger charge is -2.23. The number of urea groups is 1. The molecule has 6 heteroatoms. The van der Waals surface area contributed by atoms with Crippen LogP contribution in [0.15, 0.2) is 0 Å². The van der Waals surface area contributed by atoms with Gasteiger partial charge in [-0.3, -0.25) is 0 Å². The monoisotopic (exact) mass is 232 g/mol. The van der Waals surface area contributed by atoms with Gasteiger partial charge in [0, 0.05) is 19.7 Å². The molecule has 0 heterocycles. The van der Waals surface area contributed by atoms with Crippen LogP contribution >= 0.6 is 0 Å². The second kappa shape index (κ2) is 7.92. The summed E-state index contributed by atoms with van der Waals surface area (Å²) in [4.78, 5) is 23.8. The third-order valence-corrected chi connectivity index (χ3v) is 2.26. The number of aliphatic hydroxyl groups is 1. The van der Waals surface area contributed by atoms with Gasteiger partial charge in [0.05, 0.1) is 0 Å². The molecule has 16 heavy (non-hydrogen) atoms.